The molecule has 0 unspecified atom stereocenters. The second-order valence-electron chi connectivity index (χ2n) is 10.2. The number of aliphatic carboxylic acids is 1. The number of aliphatic hydroxyl groups is 1. The van der Waals surface area contributed by atoms with Crippen LogP contribution in [0.3, 0.4) is 0 Å². The van der Waals surface area contributed by atoms with Gasteiger partial charge in [0.2, 0.25) is 0 Å². The Hall–Kier alpha value is -4.00. The highest BCUT2D eigenvalue weighted by molar-refractivity contribution is 5.93. The number of carbonyl (C=O) groups excluding carboxylic acids is 5. The number of carbonyl (C=O) groups is 6. The number of carboxylic acid groups (broad SMARTS) is 1. The largest absolute Gasteiger partial charge is 0.481 e. The average molecular weight is 639 g/mol. The summed E-state index contributed by atoms with van der Waals surface area (Å²) in [6, 6.07) is 5.86. The van der Waals surface area contributed by atoms with Gasteiger partial charge in [-0.2, -0.15) is 0 Å². The van der Waals surface area contributed by atoms with Gasteiger partial charge in [-0.25, -0.2) is 9.59 Å². The maximum atomic E-state index is 12.2. The first kappa shape index (κ1) is 39.0. The van der Waals surface area contributed by atoms with Gasteiger partial charge >= 0.3 is 35.8 Å². The molecular weight excluding hydrogens is 592 g/mol. The summed E-state index contributed by atoms with van der Waals surface area (Å²) in [5.74, 6) is -3.05. The highest BCUT2D eigenvalue weighted by atomic mass is 16.5. The number of hydrogen-bond donors (Lipinski definition) is 2. The van der Waals surface area contributed by atoms with Crippen LogP contribution in [0, 0.1) is 0 Å². The van der Waals surface area contributed by atoms with Crippen molar-refractivity contribution < 1.29 is 62.7 Å². The standard InChI is InChI=1S/C32H46O13/c33-19-5-6-20-41-29(37)13-3-4-14-30(38)43-22-8-10-24-45-32(40)26-17-15-25(16-18-26)31(39)44-23-9-7-21-42-28(36)12-2-1-11-27(34)35/h15-18,33H,1-14,19-24H2,(H,34,35). The minimum Gasteiger partial charge on any atom is -0.481 e. The molecule has 0 aromatic heterocycles. The van der Waals surface area contributed by atoms with Crippen molar-refractivity contribution in [2.75, 3.05) is 39.6 Å². The van der Waals surface area contributed by atoms with Crippen molar-refractivity contribution in [3.05, 3.63) is 35.4 Å². The topological polar surface area (TPSA) is 189 Å². The molecule has 2 N–H and O–H groups in total. The van der Waals surface area contributed by atoms with E-state index in [4.69, 9.17) is 33.9 Å². The minimum atomic E-state index is -0.896. The normalized spacial score (nSPS) is 10.5. The van der Waals surface area contributed by atoms with Crippen molar-refractivity contribution >= 4 is 35.8 Å². The summed E-state index contributed by atoms with van der Waals surface area (Å²) >= 11 is 0. The Labute approximate surface area is 263 Å². The molecule has 1 rings (SSSR count). The third-order valence-corrected chi connectivity index (χ3v) is 6.27. The molecule has 0 atom stereocenters. The Balaban J connectivity index is 2.08. The maximum Gasteiger partial charge on any atom is 0.338 e. The number of esters is 5. The smallest absolute Gasteiger partial charge is 0.338 e. The zero-order chi connectivity index (χ0) is 33.1. The molecule has 1 aromatic rings. The lowest BCUT2D eigenvalue weighted by Crippen LogP contribution is -2.11. The van der Waals surface area contributed by atoms with Crippen LogP contribution in [0.2, 0.25) is 0 Å². The van der Waals surface area contributed by atoms with Crippen LogP contribution in [0.5, 0.6) is 0 Å². The summed E-state index contributed by atoms with van der Waals surface area (Å²) < 4.78 is 25.6. The van der Waals surface area contributed by atoms with Gasteiger partial charge in [-0.1, -0.05) is 0 Å². The van der Waals surface area contributed by atoms with Gasteiger partial charge in [-0.15, -0.1) is 0 Å². The van der Waals surface area contributed by atoms with Crippen LogP contribution in [0.15, 0.2) is 24.3 Å². The molecule has 0 fully saturated rings. The number of ether oxygens (including phenoxy) is 5. The molecule has 45 heavy (non-hydrogen) atoms. The predicted molar refractivity (Wildman–Crippen MR) is 159 cm³/mol. The number of aliphatic hydroxyl groups excluding tert-OH is 1. The van der Waals surface area contributed by atoms with E-state index in [1.807, 2.05) is 0 Å². The van der Waals surface area contributed by atoms with Crippen molar-refractivity contribution in [1.82, 2.24) is 0 Å². The monoisotopic (exact) mass is 638 g/mol. The van der Waals surface area contributed by atoms with E-state index >= 15 is 0 Å². The number of carboxylic acids is 1. The number of benzene rings is 1. The molecule has 252 valence electrons. The Kier molecular flexibility index (Phi) is 22.0. The van der Waals surface area contributed by atoms with Crippen molar-refractivity contribution in [3.63, 3.8) is 0 Å². The first-order chi connectivity index (χ1) is 21.7. The lowest BCUT2D eigenvalue weighted by molar-refractivity contribution is -0.146. The molecular formula is C32H46O13. The SMILES string of the molecule is O=C(O)CCCCC(=O)OCCCCOC(=O)c1ccc(C(=O)OCCCCOC(=O)CCCCC(=O)OCCCCO)cc1. The quantitative estimate of drug-likeness (QED) is 0.0836. The van der Waals surface area contributed by atoms with Gasteiger partial charge in [0, 0.05) is 32.3 Å². The molecule has 13 heteroatoms. The summed E-state index contributed by atoms with van der Waals surface area (Å²) in [6.45, 7) is 1.01. The zero-order valence-electron chi connectivity index (χ0n) is 25.8. The van der Waals surface area contributed by atoms with Crippen LogP contribution in [-0.2, 0) is 42.9 Å². The molecule has 0 aliphatic heterocycles. The molecule has 0 saturated heterocycles. The molecule has 13 nitrogen and oxygen atoms in total. The highest BCUT2D eigenvalue weighted by Gasteiger charge is 2.12. The lowest BCUT2D eigenvalue weighted by atomic mass is 10.1. The fourth-order valence-corrected chi connectivity index (χ4v) is 3.72. The summed E-state index contributed by atoms with van der Waals surface area (Å²) in [6.07, 6.45) is 5.76. The summed E-state index contributed by atoms with van der Waals surface area (Å²) in [4.78, 5) is 69.8. The van der Waals surface area contributed by atoms with Crippen LogP contribution >= 0.6 is 0 Å². The van der Waals surface area contributed by atoms with Gasteiger partial charge in [0.05, 0.1) is 44.2 Å². The Morgan fingerprint density at radius 2 is 0.756 bits per heavy atom. The minimum absolute atomic E-state index is 0.0220. The molecule has 0 aliphatic rings. The van der Waals surface area contributed by atoms with E-state index in [2.05, 4.69) is 0 Å². The maximum absolute atomic E-state index is 12.2. The predicted octanol–water partition coefficient (Wildman–Crippen LogP) is 4.17. The van der Waals surface area contributed by atoms with Crippen molar-refractivity contribution in [2.45, 2.75) is 89.9 Å². The van der Waals surface area contributed by atoms with Gasteiger partial charge in [0.15, 0.2) is 0 Å². The molecule has 0 bridgehead atoms. The zero-order valence-corrected chi connectivity index (χ0v) is 25.8. The number of hydrogen-bond acceptors (Lipinski definition) is 12. The van der Waals surface area contributed by atoms with Crippen LogP contribution in [0.25, 0.3) is 0 Å². The second kappa shape index (κ2) is 25.3. The third kappa shape index (κ3) is 21.4. The first-order valence-electron chi connectivity index (χ1n) is 15.5. The van der Waals surface area contributed by atoms with Gasteiger partial charge in [0.1, 0.15) is 0 Å². The molecule has 0 aliphatic carbocycles. The fraction of sp³-hybridized carbons (Fsp3) is 0.625. The summed E-state index contributed by atoms with van der Waals surface area (Å²) in [5, 5.41) is 17.2. The van der Waals surface area contributed by atoms with Gasteiger partial charge < -0.3 is 33.9 Å². The Morgan fingerprint density at radius 3 is 1.09 bits per heavy atom. The molecule has 1 aromatic carbocycles. The van der Waals surface area contributed by atoms with Crippen LogP contribution in [0.1, 0.15) is 111 Å². The molecule has 0 spiro atoms. The molecule has 0 amide bonds. The second-order valence-corrected chi connectivity index (χ2v) is 10.2. The van der Waals surface area contributed by atoms with E-state index in [0.717, 1.165) is 0 Å². The van der Waals surface area contributed by atoms with Crippen LogP contribution in [-0.4, -0.2) is 85.7 Å². The van der Waals surface area contributed by atoms with E-state index in [0.29, 0.717) is 64.2 Å². The van der Waals surface area contributed by atoms with E-state index in [1.54, 1.807) is 0 Å². The van der Waals surface area contributed by atoms with Crippen molar-refractivity contribution in [2.24, 2.45) is 0 Å². The van der Waals surface area contributed by atoms with E-state index in [-0.39, 0.29) is 94.4 Å². The van der Waals surface area contributed by atoms with Gasteiger partial charge in [-0.05, 0) is 88.5 Å². The van der Waals surface area contributed by atoms with E-state index in [1.165, 1.54) is 24.3 Å². The molecule has 0 radical (unpaired) electrons. The fourth-order valence-electron chi connectivity index (χ4n) is 3.72. The Bertz CT molecular complexity index is 1040. The van der Waals surface area contributed by atoms with Crippen molar-refractivity contribution in [3.8, 4) is 0 Å². The van der Waals surface area contributed by atoms with Crippen molar-refractivity contribution in [1.29, 1.82) is 0 Å². The van der Waals surface area contributed by atoms with E-state index in [9.17, 15) is 28.8 Å². The highest BCUT2D eigenvalue weighted by Crippen LogP contribution is 2.10. The van der Waals surface area contributed by atoms with Gasteiger partial charge in [0.25, 0.3) is 0 Å². The first-order valence-corrected chi connectivity index (χ1v) is 15.5. The van der Waals surface area contributed by atoms with Crippen LogP contribution < -0.4 is 0 Å². The molecule has 0 saturated carbocycles. The third-order valence-electron chi connectivity index (χ3n) is 6.27. The van der Waals surface area contributed by atoms with E-state index < -0.39 is 17.9 Å². The lowest BCUT2D eigenvalue weighted by Gasteiger charge is -2.08. The average Bonchev–Trinajstić information content (AvgIpc) is 3.02. The summed E-state index contributed by atoms with van der Waals surface area (Å²) in [7, 11) is 0. The Morgan fingerprint density at radius 1 is 0.444 bits per heavy atom. The summed E-state index contributed by atoms with van der Waals surface area (Å²) in [5.41, 5.74) is 0.548. The molecule has 0 heterocycles. The number of unbranched alkanes of at least 4 members (excludes halogenated alkanes) is 5. The van der Waals surface area contributed by atoms with Gasteiger partial charge in [-0.3, -0.25) is 19.2 Å². The number of rotatable bonds is 26. The van der Waals surface area contributed by atoms with Crippen LogP contribution in [0.4, 0.5) is 0 Å².